The summed E-state index contributed by atoms with van der Waals surface area (Å²) in [6, 6.07) is 10.5. The number of halogens is 1. The molecule has 1 aliphatic rings. The van der Waals surface area contributed by atoms with E-state index in [1.807, 2.05) is 0 Å². The van der Waals surface area contributed by atoms with Crippen molar-refractivity contribution in [3.8, 4) is 18.1 Å². The largest absolute Gasteiger partial charge is 0.471 e. The number of hydrogen-bond acceptors (Lipinski definition) is 4. The third-order valence-corrected chi connectivity index (χ3v) is 4.79. The average Bonchev–Trinajstić information content (AvgIpc) is 3.00. The fourth-order valence-corrected chi connectivity index (χ4v) is 3.48. The van der Waals surface area contributed by atoms with Gasteiger partial charge in [-0.05, 0) is 43.2 Å². The number of nitro groups is 1. The Hall–Kier alpha value is -2.71. The van der Waals surface area contributed by atoms with Crippen molar-refractivity contribution in [3.05, 3.63) is 62.7 Å². The van der Waals surface area contributed by atoms with E-state index < -0.39 is 10.5 Å². The van der Waals surface area contributed by atoms with Gasteiger partial charge in [-0.3, -0.25) is 10.1 Å². The number of anilines is 1. The summed E-state index contributed by atoms with van der Waals surface area (Å²) in [5, 5.41) is 11.0. The zero-order chi connectivity index (χ0) is 18.9. The van der Waals surface area contributed by atoms with Crippen molar-refractivity contribution in [2.75, 3.05) is 18.0 Å². The van der Waals surface area contributed by atoms with E-state index in [-0.39, 0.29) is 10.7 Å². The van der Waals surface area contributed by atoms with Gasteiger partial charge in [0.15, 0.2) is 5.60 Å². The minimum absolute atomic E-state index is 0.0830. The van der Waals surface area contributed by atoms with E-state index in [0.29, 0.717) is 18.7 Å². The van der Waals surface area contributed by atoms with Gasteiger partial charge in [-0.1, -0.05) is 23.6 Å². The van der Waals surface area contributed by atoms with Crippen LogP contribution in [0.3, 0.4) is 0 Å². The fourth-order valence-electron chi connectivity index (χ4n) is 3.26. The molecular weight excluding hydrogens is 352 g/mol. The van der Waals surface area contributed by atoms with E-state index in [1.54, 1.807) is 0 Å². The summed E-state index contributed by atoms with van der Waals surface area (Å²) in [5.74, 6) is 3.12. The molecule has 3 rings (SSSR count). The van der Waals surface area contributed by atoms with Crippen molar-refractivity contribution in [1.29, 1.82) is 0 Å². The molecule has 0 radical (unpaired) electrons. The molecule has 0 aromatic heterocycles. The summed E-state index contributed by atoms with van der Waals surface area (Å²) in [6.45, 7) is 5.42. The number of aryl methyl sites for hydroxylation is 2. The Morgan fingerprint density at radius 3 is 2.54 bits per heavy atom. The molecule has 1 aliphatic heterocycles. The Morgan fingerprint density at radius 1 is 1.27 bits per heavy atom. The summed E-state index contributed by atoms with van der Waals surface area (Å²) in [7, 11) is 0. The second kappa shape index (κ2) is 6.89. The zero-order valence-electron chi connectivity index (χ0n) is 14.7. The first-order valence-corrected chi connectivity index (χ1v) is 8.64. The van der Waals surface area contributed by atoms with Gasteiger partial charge in [-0.25, -0.2) is 0 Å². The maximum atomic E-state index is 10.9. The Balaban J connectivity index is 1.83. The number of rotatable bonds is 4. The standard InChI is InChI=1S/C20H19ClN2O3/c1-4-20(26-19-6-5-16(23(24)25)12-18(19)21)7-8-22(13-20)17-10-14(2)9-15(3)11-17/h1,5-6,9-12H,7-8,13H2,2-3H3. The van der Waals surface area contributed by atoms with E-state index in [2.05, 4.69) is 42.9 Å². The topological polar surface area (TPSA) is 55.6 Å². The Labute approximate surface area is 157 Å². The summed E-state index contributed by atoms with van der Waals surface area (Å²) < 4.78 is 6.06. The molecule has 0 N–H and O–H groups in total. The molecule has 134 valence electrons. The molecule has 0 amide bonds. The smallest absolute Gasteiger partial charge is 0.271 e. The van der Waals surface area contributed by atoms with E-state index in [9.17, 15) is 10.1 Å². The van der Waals surface area contributed by atoms with Crippen LogP contribution < -0.4 is 9.64 Å². The first-order valence-electron chi connectivity index (χ1n) is 8.26. The molecule has 1 unspecified atom stereocenters. The number of hydrogen-bond donors (Lipinski definition) is 0. The molecule has 0 spiro atoms. The second-order valence-corrected chi connectivity index (χ2v) is 7.04. The molecule has 1 heterocycles. The lowest BCUT2D eigenvalue weighted by Gasteiger charge is -2.26. The van der Waals surface area contributed by atoms with Crippen molar-refractivity contribution in [1.82, 2.24) is 0 Å². The van der Waals surface area contributed by atoms with Crippen LogP contribution in [0.2, 0.25) is 5.02 Å². The van der Waals surface area contributed by atoms with Crippen LogP contribution >= 0.6 is 11.6 Å². The highest BCUT2D eigenvalue weighted by Crippen LogP contribution is 2.36. The molecule has 0 aliphatic carbocycles. The van der Waals surface area contributed by atoms with E-state index in [4.69, 9.17) is 22.8 Å². The Morgan fingerprint density at radius 2 is 1.96 bits per heavy atom. The van der Waals surface area contributed by atoms with Crippen LogP contribution in [0.5, 0.6) is 5.75 Å². The summed E-state index contributed by atoms with van der Waals surface area (Å²) >= 11 is 6.15. The maximum Gasteiger partial charge on any atom is 0.271 e. The highest BCUT2D eigenvalue weighted by atomic mass is 35.5. The first kappa shape index (κ1) is 18.1. The lowest BCUT2D eigenvalue weighted by Crippen LogP contribution is -2.38. The third kappa shape index (κ3) is 3.61. The number of nitrogens with zero attached hydrogens (tertiary/aromatic N) is 2. The van der Waals surface area contributed by atoms with Gasteiger partial charge in [-0.2, -0.15) is 0 Å². The second-order valence-electron chi connectivity index (χ2n) is 6.63. The highest BCUT2D eigenvalue weighted by molar-refractivity contribution is 6.32. The Kier molecular flexibility index (Phi) is 4.80. The minimum Gasteiger partial charge on any atom is -0.471 e. The van der Waals surface area contributed by atoms with Gasteiger partial charge < -0.3 is 9.64 Å². The predicted molar refractivity (Wildman–Crippen MR) is 103 cm³/mol. The molecular formula is C20H19ClN2O3. The quantitative estimate of drug-likeness (QED) is 0.451. The van der Waals surface area contributed by atoms with E-state index >= 15 is 0 Å². The number of ether oxygens (including phenoxy) is 1. The molecule has 1 fully saturated rings. The van der Waals surface area contributed by atoms with Gasteiger partial charge >= 0.3 is 0 Å². The molecule has 0 bridgehead atoms. The van der Waals surface area contributed by atoms with Crippen molar-refractivity contribution in [3.63, 3.8) is 0 Å². The number of terminal acetylenes is 1. The van der Waals surface area contributed by atoms with E-state index in [1.165, 1.54) is 29.3 Å². The summed E-state index contributed by atoms with van der Waals surface area (Å²) in [6.07, 6.45) is 6.43. The molecule has 0 saturated carbocycles. The molecule has 1 atom stereocenters. The van der Waals surface area contributed by atoms with Gasteiger partial charge in [-0.15, -0.1) is 6.42 Å². The highest BCUT2D eigenvalue weighted by Gasteiger charge is 2.39. The lowest BCUT2D eigenvalue weighted by molar-refractivity contribution is -0.384. The van der Waals surface area contributed by atoms with Crippen LogP contribution in [0.4, 0.5) is 11.4 Å². The molecule has 26 heavy (non-hydrogen) atoms. The molecule has 2 aromatic carbocycles. The van der Waals surface area contributed by atoms with Crippen molar-refractivity contribution < 1.29 is 9.66 Å². The average molecular weight is 371 g/mol. The van der Waals surface area contributed by atoms with Crippen LogP contribution in [-0.2, 0) is 0 Å². The predicted octanol–water partition coefficient (Wildman–Crippen LogP) is 4.53. The van der Waals surface area contributed by atoms with Gasteiger partial charge in [0.25, 0.3) is 5.69 Å². The Bertz CT molecular complexity index is 886. The number of nitro benzene ring substituents is 1. The lowest BCUT2D eigenvalue weighted by atomic mass is 10.0. The molecule has 2 aromatic rings. The fraction of sp³-hybridized carbons (Fsp3) is 0.300. The van der Waals surface area contributed by atoms with Gasteiger partial charge in [0.1, 0.15) is 5.75 Å². The normalized spacial score (nSPS) is 19.2. The molecule has 1 saturated heterocycles. The first-order chi connectivity index (χ1) is 12.3. The van der Waals surface area contributed by atoms with Crippen LogP contribution in [0.15, 0.2) is 36.4 Å². The summed E-state index contributed by atoms with van der Waals surface area (Å²) in [5.41, 5.74) is 2.59. The van der Waals surface area contributed by atoms with Crippen LogP contribution in [0.1, 0.15) is 17.5 Å². The van der Waals surface area contributed by atoms with Gasteiger partial charge in [0, 0.05) is 30.8 Å². The van der Waals surface area contributed by atoms with Gasteiger partial charge in [0.2, 0.25) is 0 Å². The van der Waals surface area contributed by atoms with Crippen LogP contribution in [0, 0.1) is 36.3 Å². The molecule has 5 nitrogen and oxygen atoms in total. The van der Waals surface area contributed by atoms with E-state index in [0.717, 1.165) is 12.2 Å². The van der Waals surface area contributed by atoms with Crippen molar-refractivity contribution >= 4 is 23.0 Å². The minimum atomic E-state index is -0.822. The summed E-state index contributed by atoms with van der Waals surface area (Å²) in [4.78, 5) is 12.5. The van der Waals surface area contributed by atoms with Crippen molar-refractivity contribution in [2.45, 2.75) is 25.9 Å². The molecule has 6 heteroatoms. The SMILES string of the molecule is C#CC1(Oc2ccc([N+](=O)[O-])cc2Cl)CCN(c2cc(C)cc(C)c2)C1. The van der Waals surface area contributed by atoms with Crippen LogP contribution in [0.25, 0.3) is 0 Å². The van der Waals surface area contributed by atoms with Gasteiger partial charge in [0.05, 0.1) is 16.5 Å². The monoisotopic (exact) mass is 370 g/mol. The van der Waals surface area contributed by atoms with Crippen LogP contribution in [-0.4, -0.2) is 23.6 Å². The number of benzene rings is 2. The number of non-ortho nitro benzene ring substituents is 1. The maximum absolute atomic E-state index is 10.9. The zero-order valence-corrected chi connectivity index (χ0v) is 15.4. The third-order valence-electron chi connectivity index (χ3n) is 4.50. The van der Waals surface area contributed by atoms with Crippen molar-refractivity contribution in [2.24, 2.45) is 0 Å².